The van der Waals surface area contributed by atoms with Gasteiger partial charge in [0.1, 0.15) is 5.50 Å². The molecule has 7 heteroatoms. The van der Waals surface area contributed by atoms with Crippen LogP contribution in [0.1, 0.15) is 19.4 Å². The first-order valence-electron chi connectivity index (χ1n) is 7.10. The number of nitrogens with zero attached hydrogens (tertiary/aromatic N) is 2. The molecule has 5 nitrogen and oxygen atoms in total. The fourth-order valence-corrected chi connectivity index (χ4v) is 3.27. The Morgan fingerprint density at radius 3 is 2.48 bits per heavy atom. The van der Waals surface area contributed by atoms with Crippen molar-refractivity contribution < 1.29 is 9.53 Å². The van der Waals surface area contributed by atoms with Crippen molar-refractivity contribution in [3.05, 3.63) is 35.4 Å². The van der Waals surface area contributed by atoms with E-state index in [0.29, 0.717) is 17.9 Å². The number of thioether (sulfide) groups is 1. The van der Waals surface area contributed by atoms with Gasteiger partial charge in [0.2, 0.25) is 0 Å². The van der Waals surface area contributed by atoms with Crippen molar-refractivity contribution in [3.8, 4) is 0 Å². The van der Waals surface area contributed by atoms with E-state index >= 15 is 0 Å². The molecule has 0 saturated carbocycles. The zero-order chi connectivity index (χ0) is 16.3. The third-order valence-corrected chi connectivity index (χ3v) is 4.30. The van der Waals surface area contributed by atoms with Crippen molar-refractivity contribution in [3.63, 3.8) is 0 Å². The number of halogens is 1. The average Bonchev–Trinajstić information content (AvgIpc) is 2.46. The summed E-state index contributed by atoms with van der Waals surface area (Å²) in [6.45, 7) is 3.91. The van der Waals surface area contributed by atoms with Crippen molar-refractivity contribution in [2.45, 2.75) is 19.3 Å². The van der Waals surface area contributed by atoms with Crippen molar-refractivity contribution in [1.29, 1.82) is 0 Å². The summed E-state index contributed by atoms with van der Waals surface area (Å²) in [5.41, 5.74) is 8.72. The SMILES string of the molecule is CCOC(=O)C1=C(c2ccc(N(C)C)cc2)SC(N)N=C1C.Cl. The summed E-state index contributed by atoms with van der Waals surface area (Å²) in [6.07, 6.45) is 0. The van der Waals surface area contributed by atoms with Gasteiger partial charge in [0, 0.05) is 24.7 Å². The minimum Gasteiger partial charge on any atom is -0.462 e. The van der Waals surface area contributed by atoms with E-state index in [2.05, 4.69) is 4.99 Å². The number of benzene rings is 1. The second-order valence-corrected chi connectivity index (χ2v) is 6.22. The monoisotopic (exact) mass is 355 g/mol. The summed E-state index contributed by atoms with van der Waals surface area (Å²) in [6, 6.07) is 8.00. The van der Waals surface area contributed by atoms with Gasteiger partial charge in [-0.1, -0.05) is 23.9 Å². The van der Waals surface area contributed by atoms with Gasteiger partial charge < -0.3 is 15.4 Å². The number of hydrogen-bond donors (Lipinski definition) is 1. The highest BCUT2D eigenvalue weighted by Crippen LogP contribution is 2.38. The van der Waals surface area contributed by atoms with Gasteiger partial charge in [-0.2, -0.15) is 0 Å². The predicted octanol–water partition coefficient (Wildman–Crippen LogP) is 2.90. The van der Waals surface area contributed by atoms with Gasteiger partial charge in [0.05, 0.1) is 17.9 Å². The number of carbonyl (C=O) groups excluding carboxylic acids is 1. The Kier molecular flexibility index (Phi) is 7.12. The van der Waals surface area contributed by atoms with Crippen LogP contribution in [0.25, 0.3) is 4.91 Å². The van der Waals surface area contributed by atoms with Crippen molar-refractivity contribution in [2.75, 3.05) is 25.6 Å². The Morgan fingerprint density at radius 2 is 1.96 bits per heavy atom. The lowest BCUT2D eigenvalue weighted by molar-refractivity contribution is -0.137. The van der Waals surface area contributed by atoms with E-state index in [0.717, 1.165) is 16.2 Å². The molecule has 1 unspecified atom stereocenters. The van der Waals surface area contributed by atoms with Gasteiger partial charge in [-0.15, -0.1) is 12.4 Å². The fourth-order valence-electron chi connectivity index (χ4n) is 2.19. The van der Waals surface area contributed by atoms with Gasteiger partial charge >= 0.3 is 5.97 Å². The number of nitrogens with two attached hydrogens (primary N) is 1. The highest BCUT2D eigenvalue weighted by molar-refractivity contribution is 8.09. The van der Waals surface area contributed by atoms with Gasteiger partial charge in [0.15, 0.2) is 0 Å². The molecule has 0 fully saturated rings. The molecule has 0 spiro atoms. The quantitative estimate of drug-likeness (QED) is 0.841. The minimum atomic E-state index is -0.401. The number of carbonyl (C=O) groups is 1. The van der Waals surface area contributed by atoms with Gasteiger partial charge in [-0.05, 0) is 31.5 Å². The van der Waals surface area contributed by atoms with Crippen LogP contribution in [0, 0.1) is 0 Å². The maximum atomic E-state index is 12.3. The second-order valence-electron chi connectivity index (χ2n) is 5.09. The molecule has 0 radical (unpaired) electrons. The van der Waals surface area contributed by atoms with Crippen LogP contribution in [0.2, 0.25) is 0 Å². The smallest absolute Gasteiger partial charge is 0.341 e. The van der Waals surface area contributed by atoms with E-state index in [4.69, 9.17) is 10.5 Å². The molecular formula is C16H22ClN3O2S. The van der Waals surface area contributed by atoms with Crippen molar-refractivity contribution in [1.82, 2.24) is 0 Å². The van der Waals surface area contributed by atoms with Crippen LogP contribution < -0.4 is 10.6 Å². The Balaban J connectivity index is 0.00000264. The lowest BCUT2D eigenvalue weighted by Gasteiger charge is -2.22. The highest BCUT2D eigenvalue weighted by atomic mass is 35.5. The molecule has 0 saturated heterocycles. The molecule has 23 heavy (non-hydrogen) atoms. The summed E-state index contributed by atoms with van der Waals surface area (Å²) in [7, 11) is 3.97. The first kappa shape index (κ1) is 19.5. The van der Waals surface area contributed by atoms with Gasteiger partial charge in [-0.3, -0.25) is 4.99 Å². The third kappa shape index (κ3) is 4.50. The van der Waals surface area contributed by atoms with Crippen LogP contribution in [0.15, 0.2) is 34.8 Å². The van der Waals surface area contributed by atoms with Crippen LogP contribution in [0.3, 0.4) is 0 Å². The van der Waals surface area contributed by atoms with Crippen LogP contribution in [-0.2, 0) is 9.53 Å². The molecule has 1 atom stereocenters. The first-order chi connectivity index (χ1) is 10.4. The normalized spacial score (nSPS) is 17.3. The van der Waals surface area contributed by atoms with Gasteiger partial charge in [0.25, 0.3) is 0 Å². The summed E-state index contributed by atoms with van der Waals surface area (Å²) in [5.74, 6) is -0.352. The molecule has 0 aliphatic carbocycles. The molecule has 126 valence electrons. The average molecular weight is 356 g/mol. The lowest BCUT2D eigenvalue weighted by atomic mass is 10.1. The van der Waals surface area contributed by atoms with Gasteiger partial charge in [-0.25, -0.2) is 4.79 Å². The number of hydrogen-bond acceptors (Lipinski definition) is 6. The van der Waals surface area contributed by atoms with E-state index < -0.39 is 5.50 Å². The maximum Gasteiger partial charge on any atom is 0.341 e. The van der Waals surface area contributed by atoms with E-state index in [1.54, 1.807) is 13.8 Å². The Labute approximate surface area is 147 Å². The number of rotatable bonds is 4. The summed E-state index contributed by atoms with van der Waals surface area (Å²) >= 11 is 1.38. The first-order valence-corrected chi connectivity index (χ1v) is 7.98. The van der Waals surface area contributed by atoms with E-state index in [1.165, 1.54) is 11.8 Å². The largest absolute Gasteiger partial charge is 0.462 e. The number of esters is 1. The summed E-state index contributed by atoms with van der Waals surface area (Å²) in [5, 5.41) is 0. The van der Waals surface area contributed by atoms with Crippen LogP contribution in [-0.4, -0.2) is 37.9 Å². The third-order valence-electron chi connectivity index (χ3n) is 3.27. The molecule has 1 aliphatic rings. The van der Waals surface area contributed by atoms with Crippen LogP contribution in [0.4, 0.5) is 5.69 Å². The molecule has 1 aromatic rings. The van der Waals surface area contributed by atoms with Crippen LogP contribution >= 0.6 is 24.2 Å². The molecule has 2 rings (SSSR count). The number of aliphatic imine (C=N–C) groups is 1. The molecule has 0 bridgehead atoms. The summed E-state index contributed by atoms with van der Waals surface area (Å²) in [4.78, 5) is 19.4. The molecule has 0 amide bonds. The topological polar surface area (TPSA) is 67.9 Å². The molecule has 0 aromatic heterocycles. The number of anilines is 1. The number of ether oxygens (including phenoxy) is 1. The molecular weight excluding hydrogens is 334 g/mol. The zero-order valence-electron chi connectivity index (χ0n) is 13.7. The van der Waals surface area contributed by atoms with E-state index in [9.17, 15) is 4.79 Å². The molecule has 1 heterocycles. The summed E-state index contributed by atoms with van der Waals surface area (Å²) < 4.78 is 5.16. The maximum absolute atomic E-state index is 12.3. The Bertz CT molecular complexity index is 627. The Morgan fingerprint density at radius 1 is 1.35 bits per heavy atom. The van der Waals surface area contributed by atoms with E-state index in [-0.39, 0.29) is 18.4 Å². The molecule has 2 N–H and O–H groups in total. The predicted molar refractivity (Wildman–Crippen MR) is 100 cm³/mol. The van der Waals surface area contributed by atoms with Crippen molar-refractivity contribution in [2.24, 2.45) is 10.7 Å². The lowest BCUT2D eigenvalue weighted by Crippen LogP contribution is -2.24. The molecule has 1 aliphatic heterocycles. The van der Waals surface area contributed by atoms with E-state index in [1.807, 2.05) is 43.3 Å². The fraction of sp³-hybridized carbons (Fsp3) is 0.375. The minimum absolute atomic E-state index is 0. The zero-order valence-corrected chi connectivity index (χ0v) is 15.3. The highest BCUT2D eigenvalue weighted by Gasteiger charge is 2.27. The Hall–Kier alpha value is -1.50. The van der Waals surface area contributed by atoms with Crippen LogP contribution in [0.5, 0.6) is 0 Å². The molecule has 1 aromatic carbocycles. The van der Waals surface area contributed by atoms with Crippen molar-refractivity contribution >= 4 is 46.4 Å². The second kappa shape index (κ2) is 8.38. The standard InChI is InChI=1S/C16H21N3O2S.ClH/c1-5-21-15(20)13-10(2)18-16(17)22-14(13)11-6-8-12(9-7-11)19(3)4;/h6-9,16H,5,17H2,1-4H3;1H.